The number of rotatable bonds is 3. The monoisotopic (exact) mass is 324 g/mol. The van der Waals surface area contributed by atoms with Crippen molar-refractivity contribution in [1.82, 2.24) is 0 Å². The van der Waals surface area contributed by atoms with Gasteiger partial charge in [0.15, 0.2) is 0 Å². The van der Waals surface area contributed by atoms with Crippen LogP contribution in [0.1, 0.15) is 5.56 Å². The molecule has 0 aliphatic carbocycles. The number of hydrogen-bond donors (Lipinski definition) is 2. The van der Waals surface area contributed by atoms with Crippen molar-refractivity contribution in [2.75, 3.05) is 0 Å². The Bertz CT molecular complexity index is 601. The molecule has 3 nitrogen and oxygen atoms in total. The number of nitrogen functional groups attached to an aromatic ring is 1. The molecule has 0 unspecified atom stereocenters. The highest BCUT2D eigenvalue weighted by Crippen LogP contribution is 2.29. The zero-order valence-corrected chi connectivity index (χ0v) is 11.6. The van der Waals surface area contributed by atoms with Crippen molar-refractivity contribution in [3.8, 4) is 11.5 Å². The van der Waals surface area contributed by atoms with Gasteiger partial charge in [-0.2, -0.15) is 0 Å². The fourth-order valence-corrected chi connectivity index (χ4v) is 2.00. The van der Waals surface area contributed by atoms with Gasteiger partial charge < -0.3 is 10.5 Å². The molecule has 2 rings (SSSR count). The maximum absolute atomic E-state index is 7.53. The Labute approximate surface area is 118 Å². The summed E-state index contributed by atoms with van der Waals surface area (Å²) in [7, 11) is 0. The minimum atomic E-state index is -0.0478. The van der Waals surface area contributed by atoms with Crippen molar-refractivity contribution in [3.63, 3.8) is 0 Å². The Balaban J connectivity index is 2.37. The smallest absolute Gasteiger partial charge is 0.138 e. The Morgan fingerprint density at radius 2 is 2.00 bits per heavy atom. The topological polar surface area (TPSA) is 59.1 Å². The molecular formula is C13H10BrClN2O. The lowest BCUT2D eigenvalue weighted by molar-refractivity contribution is 0.481. The second kappa shape index (κ2) is 5.42. The Hall–Kier alpha value is -1.52. The molecule has 0 saturated carbocycles. The number of benzene rings is 2. The normalized spacial score (nSPS) is 10.1. The number of nitrogens with one attached hydrogen (secondary N) is 1. The number of hydrogen-bond acceptors (Lipinski definition) is 2. The van der Waals surface area contributed by atoms with Crippen molar-refractivity contribution >= 4 is 33.4 Å². The van der Waals surface area contributed by atoms with Crippen molar-refractivity contribution in [1.29, 1.82) is 5.41 Å². The molecule has 0 aromatic heterocycles. The lowest BCUT2D eigenvalue weighted by atomic mass is 10.2. The summed E-state index contributed by atoms with van der Waals surface area (Å²) in [6, 6.07) is 12.4. The van der Waals surface area contributed by atoms with Crippen LogP contribution in [-0.2, 0) is 0 Å². The zero-order valence-electron chi connectivity index (χ0n) is 9.28. The first kappa shape index (κ1) is 12.9. The third-order valence-electron chi connectivity index (χ3n) is 2.26. The lowest BCUT2D eigenvalue weighted by Gasteiger charge is -2.10. The molecule has 3 N–H and O–H groups in total. The van der Waals surface area contributed by atoms with Crippen molar-refractivity contribution in [2.45, 2.75) is 0 Å². The van der Waals surface area contributed by atoms with Crippen LogP contribution in [0.5, 0.6) is 11.5 Å². The zero-order chi connectivity index (χ0) is 13.1. The fourth-order valence-electron chi connectivity index (χ4n) is 1.46. The maximum Gasteiger partial charge on any atom is 0.138 e. The largest absolute Gasteiger partial charge is 0.457 e. The molecule has 2 aromatic rings. The van der Waals surface area contributed by atoms with Crippen LogP contribution in [0.2, 0.25) is 5.02 Å². The van der Waals surface area contributed by atoms with Crippen molar-refractivity contribution in [2.24, 2.45) is 5.73 Å². The molecule has 0 amide bonds. The van der Waals surface area contributed by atoms with Gasteiger partial charge in [0, 0.05) is 9.50 Å². The third kappa shape index (κ3) is 3.03. The lowest BCUT2D eigenvalue weighted by Crippen LogP contribution is -2.12. The summed E-state index contributed by atoms with van der Waals surface area (Å²) in [4.78, 5) is 0. The predicted octanol–water partition coefficient (Wildman–Crippen LogP) is 4.18. The Morgan fingerprint density at radius 3 is 2.67 bits per heavy atom. The van der Waals surface area contributed by atoms with Crippen LogP contribution in [0.25, 0.3) is 0 Å². The fraction of sp³-hybridized carbons (Fsp3) is 0. The second-order valence-electron chi connectivity index (χ2n) is 3.61. The van der Waals surface area contributed by atoms with Crippen LogP contribution in [0.3, 0.4) is 0 Å². The van der Waals surface area contributed by atoms with E-state index in [-0.39, 0.29) is 5.84 Å². The predicted molar refractivity (Wildman–Crippen MR) is 76.7 cm³/mol. The number of ether oxygens (including phenoxy) is 1. The van der Waals surface area contributed by atoms with Gasteiger partial charge in [-0.25, -0.2) is 0 Å². The van der Waals surface area contributed by atoms with Gasteiger partial charge in [-0.05, 0) is 36.4 Å². The quantitative estimate of drug-likeness (QED) is 0.657. The van der Waals surface area contributed by atoms with Crippen LogP contribution < -0.4 is 10.5 Å². The van der Waals surface area contributed by atoms with Crippen LogP contribution >= 0.6 is 27.5 Å². The van der Waals surface area contributed by atoms with E-state index in [9.17, 15) is 0 Å². The summed E-state index contributed by atoms with van der Waals surface area (Å²) < 4.78 is 6.52. The third-order valence-corrected chi connectivity index (χ3v) is 2.98. The van der Waals surface area contributed by atoms with Gasteiger partial charge in [0.2, 0.25) is 0 Å². The number of nitrogens with two attached hydrogens (primary N) is 1. The average Bonchev–Trinajstić information content (AvgIpc) is 2.31. The summed E-state index contributed by atoms with van der Waals surface area (Å²) in [6.07, 6.45) is 0. The van der Waals surface area contributed by atoms with Crippen LogP contribution in [0.15, 0.2) is 46.9 Å². The molecule has 2 aromatic carbocycles. The standard InChI is InChI=1S/C13H10BrClN2O/c14-8-4-5-12(11(6-8)13(16)17)18-10-3-1-2-9(15)7-10/h1-7H,(H3,16,17). The van der Waals surface area contributed by atoms with Crippen molar-refractivity contribution in [3.05, 3.63) is 57.5 Å². The van der Waals surface area contributed by atoms with Crippen LogP contribution in [0, 0.1) is 5.41 Å². The van der Waals surface area contributed by atoms with Crippen LogP contribution in [-0.4, -0.2) is 5.84 Å². The molecular weight excluding hydrogens is 316 g/mol. The molecule has 0 fully saturated rings. The van der Waals surface area contributed by atoms with E-state index in [0.717, 1.165) is 4.47 Å². The summed E-state index contributed by atoms with van der Waals surface area (Å²) in [6.45, 7) is 0. The number of amidine groups is 1. The van der Waals surface area contributed by atoms with E-state index in [0.29, 0.717) is 22.1 Å². The summed E-state index contributed by atoms with van der Waals surface area (Å²) in [5, 5.41) is 8.12. The first-order chi connectivity index (χ1) is 8.56. The Kier molecular flexibility index (Phi) is 3.89. The molecule has 0 saturated heterocycles. The van der Waals surface area contributed by atoms with Gasteiger partial charge in [0.05, 0.1) is 5.56 Å². The van der Waals surface area contributed by atoms with E-state index in [2.05, 4.69) is 15.9 Å². The molecule has 18 heavy (non-hydrogen) atoms. The van der Waals surface area contributed by atoms with E-state index in [1.54, 1.807) is 36.4 Å². The molecule has 0 spiro atoms. The molecule has 0 heterocycles. The highest BCUT2D eigenvalue weighted by atomic mass is 79.9. The molecule has 0 radical (unpaired) electrons. The highest BCUT2D eigenvalue weighted by molar-refractivity contribution is 9.10. The van der Waals surface area contributed by atoms with Gasteiger partial charge in [0.25, 0.3) is 0 Å². The van der Waals surface area contributed by atoms with E-state index in [4.69, 9.17) is 27.5 Å². The minimum absolute atomic E-state index is 0.0478. The average molecular weight is 326 g/mol. The molecule has 5 heteroatoms. The van der Waals surface area contributed by atoms with Gasteiger partial charge >= 0.3 is 0 Å². The van der Waals surface area contributed by atoms with Gasteiger partial charge in [-0.15, -0.1) is 0 Å². The second-order valence-corrected chi connectivity index (χ2v) is 4.97. The molecule has 0 aliphatic heterocycles. The van der Waals surface area contributed by atoms with E-state index >= 15 is 0 Å². The molecule has 0 aliphatic rings. The number of halogens is 2. The summed E-state index contributed by atoms with van der Waals surface area (Å²) in [5.74, 6) is 1.08. The first-order valence-electron chi connectivity index (χ1n) is 5.13. The minimum Gasteiger partial charge on any atom is -0.457 e. The SMILES string of the molecule is N=C(N)c1cc(Br)ccc1Oc1cccc(Cl)c1. The first-order valence-corrected chi connectivity index (χ1v) is 6.31. The van der Waals surface area contributed by atoms with E-state index in [1.165, 1.54) is 0 Å². The van der Waals surface area contributed by atoms with E-state index < -0.39 is 0 Å². The van der Waals surface area contributed by atoms with Gasteiger partial charge in [-0.3, -0.25) is 5.41 Å². The highest BCUT2D eigenvalue weighted by Gasteiger charge is 2.08. The van der Waals surface area contributed by atoms with E-state index in [1.807, 2.05) is 6.07 Å². The maximum atomic E-state index is 7.53. The summed E-state index contributed by atoms with van der Waals surface area (Å²) in [5.41, 5.74) is 6.06. The summed E-state index contributed by atoms with van der Waals surface area (Å²) >= 11 is 9.22. The Morgan fingerprint density at radius 1 is 1.22 bits per heavy atom. The molecule has 92 valence electrons. The molecule has 0 atom stereocenters. The van der Waals surface area contributed by atoms with Gasteiger partial charge in [0.1, 0.15) is 17.3 Å². The van der Waals surface area contributed by atoms with Crippen LogP contribution in [0.4, 0.5) is 0 Å². The molecule has 0 bridgehead atoms. The van der Waals surface area contributed by atoms with Crippen molar-refractivity contribution < 1.29 is 4.74 Å². The van der Waals surface area contributed by atoms with Gasteiger partial charge in [-0.1, -0.05) is 33.6 Å².